The summed E-state index contributed by atoms with van der Waals surface area (Å²) in [5.74, 6) is 0.973. The second-order valence-corrected chi connectivity index (χ2v) is 4.84. The zero-order valence-electron chi connectivity index (χ0n) is 9.78. The normalized spacial score (nSPS) is 12.6. The highest BCUT2D eigenvalue weighted by atomic mass is 79.9. The number of rotatable bonds is 5. The number of aromatic amines is 1. The summed E-state index contributed by atoms with van der Waals surface area (Å²) in [6.07, 6.45) is 4.68. The Hall–Kier alpha value is -1.13. The van der Waals surface area contributed by atoms with Crippen LogP contribution in [0.4, 0.5) is 0 Å². The van der Waals surface area contributed by atoms with Crippen molar-refractivity contribution in [2.45, 2.75) is 25.9 Å². The van der Waals surface area contributed by atoms with Gasteiger partial charge in [0.25, 0.3) is 0 Å². The van der Waals surface area contributed by atoms with Crippen LogP contribution < -0.4 is 5.32 Å². The Morgan fingerprint density at radius 3 is 2.71 bits per heavy atom. The first-order valence-electron chi connectivity index (χ1n) is 5.76. The molecule has 1 unspecified atom stereocenters. The van der Waals surface area contributed by atoms with Gasteiger partial charge in [0.05, 0.1) is 6.54 Å². The number of benzene rings is 1. The maximum absolute atomic E-state index is 4.20. The van der Waals surface area contributed by atoms with Crippen LogP contribution in [0.1, 0.15) is 30.8 Å². The molecule has 2 rings (SSSR count). The molecule has 0 aliphatic rings. The number of nitrogens with one attached hydrogen (secondary N) is 2. The molecule has 1 atom stereocenters. The Labute approximate surface area is 110 Å². The summed E-state index contributed by atoms with van der Waals surface area (Å²) in [5.41, 5.74) is 1.31. The van der Waals surface area contributed by atoms with Crippen LogP contribution in [0.3, 0.4) is 0 Å². The Morgan fingerprint density at radius 1 is 1.35 bits per heavy atom. The van der Waals surface area contributed by atoms with Gasteiger partial charge in [-0.1, -0.05) is 35.0 Å². The molecule has 0 fully saturated rings. The van der Waals surface area contributed by atoms with Crippen molar-refractivity contribution >= 4 is 15.9 Å². The number of halogens is 1. The van der Waals surface area contributed by atoms with Crippen molar-refractivity contribution in [2.75, 3.05) is 0 Å². The molecular weight excluding hydrogens is 278 g/mol. The van der Waals surface area contributed by atoms with Crippen molar-refractivity contribution in [3.63, 3.8) is 0 Å². The average Bonchev–Trinajstić information content (AvgIpc) is 2.85. The van der Waals surface area contributed by atoms with Gasteiger partial charge in [-0.2, -0.15) is 0 Å². The van der Waals surface area contributed by atoms with Crippen molar-refractivity contribution < 1.29 is 0 Å². The standard InChI is InChI=1S/C13H16BrN3/c1-2-12(10-3-5-11(14)6-4-10)17-9-13-15-7-8-16-13/h3-8,12,17H,2,9H2,1H3,(H,15,16). The topological polar surface area (TPSA) is 40.7 Å². The molecular formula is C13H16BrN3. The number of H-pyrrole nitrogens is 1. The molecule has 0 bridgehead atoms. The Balaban J connectivity index is 1.99. The SMILES string of the molecule is CCC(NCc1ncc[nH]1)c1ccc(Br)cc1. The zero-order chi connectivity index (χ0) is 12.1. The predicted molar refractivity (Wildman–Crippen MR) is 72.6 cm³/mol. The molecule has 0 aliphatic heterocycles. The van der Waals surface area contributed by atoms with E-state index in [1.165, 1.54) is 5.56 Å². The lowest BCUT2D eigenvalue weighted by Crippen LogP contribution is -2.20. The van der Waals surface area contributed by atoms with Crippen LogP contribution in [0.15, 0.2) is 41.1 Å². The van der Waals surface area contributed by atoms with Crippen molar-refractivity contribution in [2.24, 2.45) is 0 Å². The second-order valence-electron chi connectivity index (χ2n) is 3.93. The summed E-state index contributed by atoms with van der Waals surface area (Å²) in [5, 5.41) is 3.50. The van der Waals surface area contributed by atoms with Gasteiger partial charge in [-0.15, -0.1) is 0 Å². The van der Waals surface area contributed by atoms with Crippen molar-refractivity contribution in [1.82, 2.24) is 15.3 Å². The third-order valence-electron chi connectivity index (χ3n) is 2.75. The minimum atomic E-state index is 0.369. The van der Waals surface area contributed by atoms with Gasteiger partial charge in [0.15, 0.2) is 0 Å². The maximum Gasteiger partial charge on any atom is 0.120 e. The fourth-order valence-electron chi connectivity index (χ4n) is 1.81. The highest BCUT2D eigenvalue weighted by molar-refractivity contribution is 9.10. The van der Waals surface area contributed by atoms with Crippen LogP contribution in [0.2, 0.25) is 0 Å². The third-order valence-corrected chi connectivity index (χ3v) is 3.28. The van der Waals surface area contributed by atoms with Crippen LogP contribution >= 0.6 is 15.9 Å². The first-order chi connectivity index (χ1) is 8.29. The van der Waals surface area contributed by atoms with Crippen molar-refractivity contribution in [1.29, 1.82) is 0 Å². The Bertz CT molecular complexity index is 436. The van der Waals surface area contributed by atoms with E-state index < -0.39 is 0 Å². The molecule has 0 radical (unpaired) electrons. The van der Waals surface area contributed by atoms with Crippen LogP contribution in [-0.4, -0.2) is 9.97 Å². The van der Waals surface area contributed by atoms with Gasteiger partial charge in [0.2, 0.25) is 0 Å². The molecule has 0 saturated heterocycles. The molecule has 1 heterocycles. The van der Waals surface area contributed by atoms with Crippen LogP contribution in [0.5, 0.6) is 0 Å². The summed E-state index contributed by atoms with van der Waals surface area (Å²) >= 11 is 3.45. The molecule has 17 heavy (non-hydrogen) atoms. The van der Waals surface area contributed by atoms with Crippen LogP contribution in [0, 0.1) is 0 Å². The molecule has 1 aromatic carbocycles. The molecule has 0 aliphatic carbocycles. The van der Waals surface area contributed by atoms with Gasteiger partial charge in [0, 0.05) is 22.9 Å². The summed E-state index contributed by atoms with van der Waals surface area (Å²) in [6, 6.07) is 8.81. The molecule has 2 N–H and O–H groups in total. The van der Waals surface area contributed by atoms with Gasteiger partial charge >= 0.3 is 0 Å². The molecule has 0 amide bonds. The monoisotopic (exact) mass is 293 g/mol. The number of nitrogens with zero attached hydrogens (tertiary/aromatic N) is 1. The van der Waals surface area contributed by atoms with Crippen molar-refractivity contribution in [3.8, 4) is 0 Å². The smallest absolute Gasteiger partial charge is 0.120 e. The van der Waals surface area contributed by atoms with Crippen LogP contribution in [-0.2, 0) is 6.54 Å². The van der Waals surface area contributed by atoms with Gasteiger partial charge in [0.1, 0.15) is 5.82 Å². The van der Waals surface area contributed by atoms with Gasteiger partial charge in [-0.05, 0) is 24.1 Å². The van der Waals surface area contributed by atoms with Crippen LogP contribution in [0.25, 0.3) is 0 Å². The van der Waals surface area contributed by atoms with E-state index in [2.05, 4.69) is 62.4 Å². The highest BCUT2D eigenvalue weighted by Crippen LogP contribution is 2.19. The first-order valence-corrected chi connectivity index (χ1v) is 6.56. The van der Waals surface area contributed by atoms with E-state index in [1.54, 1.807) is 6.20 Å². The lowest BCUT2D eigenvalue weighted by Gasteiger charge is -2.16. The fraction of sp³-hybridized carbons (Fsp3) is 0.308. The Kier molecular flexibility index (Phi) is 4.34. The molecule has 0 spiro atoms. The minimum Gasteiger partial charge on any atom is -0.348 e. The molecule has 3 nitrogen and oxygen atoms in total. The highest BCUT2D eigenvalue weighted by Gasteiger charge is 2.08. The van der Waals surface area contributed by atoms with E-state index >= 15 is 0 Å². The zero-order valence-corrected chi connectivity index (χ0v) is 11.4. The first kappa shape index (κ1) is 12.3. The fourth-order valence-corrected chi connectivity index (χ4v) is 2.07. The molecule has 4 heteroatoms. The summed E-state index contributed by atoms with van der Waals surface area (Å²) < 4.78 is 1.11. The van der Waals surface area contributed by atoms with E-state index in [1.807, 2.05) is 6.20 Å². The summed E-state index contributed by atoms with van der Waals surface area (Å²) in [7, 11) is 0. The van der Waals surface area contributed by atoms with E-state index in [0.717, 1.165) is 23.3 Å². The molecule has 0 saturated carbocycles. The molecule has 2 aromatic rings. The molecule has 1 aromatic heterocycles. The van der Waals surface area contributed by atoms with Gasteiger partial charge in [-0.3, -0.25) is 0 Å². The van der Waals surface area contributed by atoms with E-state index in [0.29, 0.717) is 6.04 Å². The average molecular weight is 294 g/mol. The quantitative estimate of drug-likeness (QED) is 0.887. The number of hydrogen-bond donors (Lipinski definition) is 2. The number of hydrogen-bond acceptors (Lipinski definition) is 2. The Morgan fingerprint density at radius 2 is 2.12 bits per heavy atom. The van der Waals surface area contributed by atoms with Gasteiger partial charge in [-0.25, -0.2) is 4.98 Å². The lowest BCUT2D eigenvalue weighted by molar-refractivity contribution is 0.510. The largest absolute Gasteiger partial charge is 0.348 e. The van der Waals surface area contributed by atoms with E-state index in [-0.39, 0.29) is 0 Å². The minimum absolute atomic E-state index is 0.369. The maximum atomic E-state index is 4.20. The van der Waals surface area contributed by atoms with Gasteiger partial charge < -0.3 is 10.3 Å². The van der Waals surface area contributed by atoms with E-state index in [9.17, 15) is 0 Å². The van der Waals surface area contributed by atoms with E-state index in [4.69, 9.17) is 0 Å². The number of aromatic nitrogens is 2. The third kappa shape index (κ3) is 3.41. The summed E-state index contributed by atoms with van der Waals surface area (Å²) in [6.45, 7) is 2.95. The molecule has 90 valence electrons. The van der Waals surface area contributed by atoms with Crippen molar-refractivity contribution in [3.05, 3.63) is 52.5 Å². The number of imidazole rings is 1. The lowest BCUT2D eigenvalue weighted by atomic mass is 10.0. The summed E-state index contributed by atoms with van der Waals surface area (Å²) in [4.78, 5) is 7.30. The second kappa shape index (κ2) is 5.98. The predicted octanol–water partition coefficient (Wildman–Crippen LogP) is 3.41.